The fourth-order valence-corrected chi connectivity index (χ4v) is 1.56. The topological polar surface area (TPSA) is 55.5 Å². The number of ether oxygens (including phenoxy) is 1. The average molecular weight is 217 g/mol. The Morgan fingerprint density at radius 3 is 2.40 bits per heavy atom. The van der Waals surface area contributed by atoms with Crippen LogP contribution in [0.1, 0.15) is 46.5 Å². The summed E-state index contributed by atoms with van der Waals surface area (Å²) in [5.74, 6) is 0.713. The molecule has 0 amide bonds. The van der Waals surface area contributed by atoms with Crippen molar-refractivity contribution in [2.45, 2.75) is 58.6 Å². The molecule has 0 aliphatic rings. The molecule has 0 saturated carbocycles. The van der Waals surface area contributed by atoms with Crippen LogP contribution >= 0.6 is 0 Å². The van der Waals surface area contributed by atoms with E-state index in [2.05, 4.69) is 20.8 Å². The molecule has 0 rings (SSSR count). The zero-order chi connectivity index (χ0) is 11.7. The van der Waals surface area contributed by atoms with Crippen molar-refractivity contribution in [3.05, 3.63) is 0 Å². The number of rotatable bonds is 9. The van der Waals surface area contributed by atoms with Crippen LogP contribution in [0.3, 0.4) is 0 Å². The average Bonchev–Trinajstić information content (AvgIpc) is 2.17. The lowest BCUT2D eigenvalue weighted by atomic mass is 10.1. The van der Waals surface area contributed by atoms with Gasteiger partial charge in [-0.2, -0.15) is 0 Å². The largest absolute Gasteiger partial charge is 0.394 e. The van der Waals surface area contributed by atoms with Gasteiger partial charge in [0.05, 0.1) is 12.7 Å². The number of hydrogen-bond donors (Lipinski definition) is 2. The van der Waals surface area contributed by atoms with Gasteiger partial charge < -0.3 is 15.6 Å². The number of aliphatic hydroxyl groups excluding tert-OH is 1. The minimum Gasteiger partial charge on any atom is -0.394 e. The molecule has 0 bridgehead atoms. The van der Waals surface area contributed by atoms with E-state index in [0.717, 1.165) is 19.3 Å². The van der Waals surface area contributed by atoms with E-state index in [1.54, 1.807) is 0 Å². The van der Waals surface area contributed by atoms with Gasteiger partial charge in [0.2, 0.25) is 0 Å². The molecule has 3 N–H and O–H groups in total. The van der Waals surface area contributed by atoms with Crippen molar-refractivity contribution >= 4 is 0 Å². The van der Waals surface area contributed by atoms with Crippen LogP contribution in [0.2, 0.25) is 0 Å². The summed E-state index contributed by atoms with van der Waals surface area (Å²) >= 11 is 0. The summed E-state index contributed by atoms with van der Waals surface area (Å²) in [5.41, 5.74) is 5.90. The summed E-state index contributed by atoms with van der Waals surface area (Å²) < 4.78 is 5.58. The van der Waals surface area contributed by atoms with Gasteiger partial charge in [-0.05, 0) is 25.2 Å². The fraction of sp³-hybridized carbons (Fsp3) is 1.00. The first kappa shape index (κ1) is 14.9. The Balaban J connectivity index is 3.60. The van der Waals surface area contributed by atoms with E-state index in [-0.39, 0.29) is 18.8 Å². The maximum Gasteiger partial charge on any atom is 0.0956 e. The molecule has 0 spiro atoms. The van der Waals surface area contributed by atoms with Gasteiger partial charge in [0.15, 0.2) is 0 Å². The van der Waals surface area contributed by atoms with Crippen LogP contribution in [0.15, 0.2) is 0 Å². The highest BCUT2D eigenvalue weighted by atomic mass is 16.5. The molecule has 0 heterocycles. The van der Waals surface area contributed by atoms with E-state index in [1.165, 1.54) is 6.42 Å². The minimum atomic E-state index is -0.183. The molecule has 0 aliphatic heterocycles. The van der Waals surface area contributed by atoms with Crippen LogP contribution in [0.4, 0.5) is 0 Å². The normalized spacial score (nSPS) is 15.6. The smallest absolute Gasteiger partial charge is 0.0956 e. The molecule has 0 fully saturated rings. The molecular formula is C12H27NO2. The van der Waals surface area contributed by atoms with Gasteiger partial charge in [-0.25, -0.2) is 0 Å². The molecular weight excluding hydrogens is 190 g/mol. The molecule has 2 unspecified atom stereocenters. The highest BCUT2D eigenvalue weighted by Gasteiger charge is 2.16. The van der Waals surface area contributed by atoms with Crippen LogP contribution in [0, 0.1) is 5.92 Å². The Bertz CT molecular complexity index is 140. The van der Waals surface area contributed by atoms with E-state index in [1.807, 2.05) is 0 Å². The van der Waals surface area contributed by atoms with Gasteiger partial charge in [0.25, 0.3) is 0 Å². The lowest BCUT2D eigenvalue weighted by Gasteiger charge is -2.22. The third-order valence-corrected chi connectivity index (χ3v) is 2.54. The monoisotopic (exact) mass is 217 g/mol. The van der Waals surface area contributed by atoms with Crippen molar-refractivity contribution in [2.75, 3.05) is 13.2 Å². The first-order chi connectivity index (χ1) is 7.11. The molecule has 3 nitrogen and oxygen atoms in total. The Labute approximate surface area is 94.0 Å². The summed E-state index contributed by atoms with van der Waals surface area (Å²) in [6, 6.07) is -0.0287. The molecule has 2 atom stereocenters. The van der Waals surface area contributed by atoms with Crippen LogP contribution < -0.4 is 5.73 Å². The Hall–Kier alpha value is -0.120. The number of nitrogens with two attached hydrogens (primary N) is 1. The molecule has 15 heavy (non-hydrogen) atoms. The van der Waals surface area contributed by atoms with E-state index >= 15 is 0 Å². The van der Waals surface area contributed by atoms with Crippen molar-refractivity contribution in [1.82, 2.24) is 0 Å². The third kappa shape index (κ3) is 7.77. The number of hydrogen-bond acceptors (Lipinski definition) is 3. The van der Waals surface area contributed by atoms with Crippen LogP contribution in [-0.2, 0) is 4.74 Å². The predicted molar refractivity (Wildman–Crippen MR) is 63.8 cm³/mol. The van der Waals surface area contributed by atoms with Crippen LogP contribution in [-0.4, -0.2) is 30.5 Å². The van der Waals surface area contributed by atoms with Crippen LogP contribution in [0.5, 0.6) is 0 Å². The molecule has 0 aromatic carbocycles. The molecule has 0 aliphatic carbocycles. The summed E-state index contributed by atoms with van der Waals surface area (Å²) in [7, 11) is 0. The maximum atomic E-state index is 9.13. The number of aliphatic hydroxyl groups is 1. The summed E-state index contributed by atoms with van der Waals surface area (Å²) in [5, 5.41) is 9.13. The third-order valence-electron chi connectivity index (χ3n) is 2.54. The molecule has 92 valence electrons. The maximum absolute atomic E-state index is 9.13. The van der Waals surface area contributed by atoms with Crippen LogP contribution in [0.25, 0.3) is 0 Å². The lowest BCUT2D eigenvalue weighted by Crippen LogP contribution is -2.39. The molecule has 0 aromatic heterocycles. The van der Waals surface area contributed by atoms with E-state index in [9.17, 15) is 0 Å². The van der Waals surface area contributed by atoms with Crippen molar-refractivity contribution < 1.29 is 9.84 Å². The molecule has 0 aromatic rings. The second kappa shape index (κ2) is 9.13. The second-order valence-corrected chi connectivity index (χ2v) is 4.58. The van der Waals surface area contributed by atoms with Crippen molar-refractivity contribution in [2.24, 2.45) is 11.7 Å². The minimum absolute atomic E-state index is 0.0287. The summed E-state index contributed by atoms with van der Waals surface area (Å²) in [6.45, 7) is 7.23. The first-order valence-electron chi connectivity index (χ1n) is 6.09. The zero-order valence-electron chi connectivity index (χ0n) is 10.4. The van der Waals surface area contributed by atoms with Crippen molar-refractivity contribution in [3.8, 4) is 0 Å². The summed E-state index contributed by atoms with van der Waals surface area (Å²) in [6.07, 6.45) is 3.98. The second-order valence-electron chi connectivity index (χ2n) is 4.58. The van der Waals surface area contributed by atoms with E-state index in [4.69, 9.17) is 15.6 Å². The van der Waals surface area contributed by atoms with Gasteiger partial charge in [-0.3, -0.25) is 0 Å². The van der Waals surface area contributed by atoms with Gasteiger partial charge in [-0.15, -0.1) is 0 Å². The summed E-state index contributed by atoms with van der Waals surface area (Å²) in [4.78, 5) is 0. The zero-order valence-corrected chi connectivity index (χ0v) is 10.4. The predicted octanol–water partition coefficient (Wildman–Crippen LogP) is 1.93. The SMILES string of the molecule is CCCC(N)C(CO)OCCCC(C)C. The molecule has 0 saturated heterocycles. The lowest BCUT2D eigenvalue weighted by molar-refractivity contribution is -0.00613. The van der Waals surface area contributed by atoms with Crippen molar-refractivity contribution in [3.63, 3.8) is 0 Å². The molecule has 3 heteroatoms. The Morgan fingerprint density at radius 1 is 1.27 bits per heavy atom. The van der Waals surface area contributed by atoms with Gasteiger partial charge in [0, 0.05) is 12.6 Å². The van der Waals surface area contributed by atoms with Crippen molar-refractivity contribution in [1.29, 1.82) is 0 Å². The Kier molecular flexibility index (Phi) is 9.06. The quantitative estimate of drug-likeness (QED) is 0.580. The first-order valence-corrected chi connectivity index (χ1v) is 6.09. The highest BCUT2D eigenvalue weighted by Crippen LogP contribution is 2.07. The fourth-order valence-electron chi connectivity index (χ4n) is 1.56. The molecule has 0 radical (unpaired) electrons. The standard InChI is InChI=1S/C12H27NO2/c1-4-6-11(13)12(9-14)15-8-5-7-10(2)3/h10-12,14H,4-9,13H2,1-3H3. The van der Waals surface area contributed by atoms with Gasteiger partial charge in [0.1, 0.15) is 0 Å². The van der Waals surface area contributed by atoms with E-state index in [0.29, 0.717) is 12.5 Å². The van der Waals surface area contributed by atoms with E-state index < -0.39 is 0 Å². The van der Waals surface area contributed by atoms with Gasteiger partial charge in [-0.1, -0.05) is 27.2 Å². The highest BCUT2D eigenvalue weighted by molar-refractivity contribution is 4.72. The van der Waals surface area contributed by atoms with Gasteiger partial charge >= 0.3 is 0 Å². The Morgan fingerprint density at radius 2 is 1.93 bits per heavy atom.